The maximum absolute atomic E-state index is 9.54. The molecule has 0 radical (unpaired) electrons. The minimum atomic E-state index is 0.0329. The Balaban J connectivity index is 1.97. The van der Waals surface area contributed by atoms with E-state index in [-0.39, 0.29) is 12.6 Å². The maximum Gasteiger partial charge on any atom is 0.119 e. The van der Waals surface area contributed by atoms with Crippen LogP contribution in [0.5, 0.6) is 5.75 Å². The Morgan fingerprint density at radius 1 is 1.19 bits per heavy atom. The summed E-state index contributed by atoms with van der Waals surface area (Å²) in [5, 5.41) is 12.9. The topological polar surface area (TPSA) is 41.5 Å². The van der Waals surface area contributed by atoms with E-state index >= 15 is 0 Å². The summed E-state index contributed by atoms with van der Waals surface area (Å²) in [6.07, 6.45) is 0.804. The van der Waals surface area contributed by atoms with Gasteiger partial charge < -0.3 is 15.2 Å². The number of aliphatic hydroxyl groups is 1. The predicted molar refractivity (Wildman–Crippen MR) is 88.6 cm³/mol. The molecular weight excluding hydrogens is 330 g/mol. The van der Waals surface area contributed by atoms with Crippen LogP contribution in [0.4, 0.5) is 0 Å². The molecule has 2 aromatic rings. The number of benzene rings is 2. The lowest BCUT2D eigenvalue weighted by molar-refractivity contribution is 0.240. The number of ether oxygens (including phenoxy) is 1. The quantitative estimate of drug-likeness (QED) is 0.806. The molecule has 0 aromatic heterocycles. The van der Waals surface area contributed by atoms with Gasteiger partial charge in [0.05, 0.1) is 13.7 Å². The normalized spacial score (nSPS) is 12.1. The highest BCUT2D eigenvalue weighted by Crippen LogP contribution is 2.22. The monoisotopic (exact) mass is 349 g/mol. The number of methoxy groups -OCH3 is 1. The average molecular weight is 350 g/mol. The molecule has 0 fully saturated rings. The molecule has 0 saturated carbocycles. The molecule has 3 nitrogen and oxygen atoms in total. The van der Waals surface area contributed by atoms with Crippen LogP contribution in [0.25, 0.3) is 0 Å². The molecule has 0 bridgehead atoms. The summed E-state index contributed by atoms with van der Waals surface area (Å²) in [4.78, 5) is 0. The van der Waals surface area contributed by atoms with Crippen molar-refractivity contribution in [1.82, 2.24) is 5.32 Å². The van der Waals surface area contributed by atoms with Crippen molar-refractivity contribution >= 4 is 15.9 Å². The van der Waals surface area contributed by atoms with Gasteiger partial charge in [-0.2, -0.15) is 0 Å². The van der Waals surface area contributed by atoms with Crippen LogP contribution in [0, 0.1) is 0 Å². The van der Waals surface area contributed by atoms with Crippen LogP contribution in [0.3, 0.4) is 0 Å². The Bertz CT molecular complexity index is 560. The molecular formula is C17H20BrNO2. The third-order valence-electron chi connectivity index (χ3n) is 3.38. The molecule has 0 unspecified atom stereocenters. The van der Waals surface area contributed by atoms with Crippen LogP contribution in [0.15, 0.2) is 53.0 Å². The van der Waals surface area contributed by atoms with Crippen LogP contribution in [0.1, 0.15) is 11.1 Å². The van der Waals surface area contributed by atoms with Gasteiger partial charge in [-0.3, -0.25) is 0 Å². The summed E-state index contributed by atoms with van der Waals surface area (Å²) in [6.45, 7) is 0.784. The number of hydrogen-bond donors (Lipinski definition) is 2. The summed E-state index contributed by atoms with van der Waals surface area (Å²) in [5.74, 6) is 0.832. The zero-order chi connectivity index (χ0) is 15.1. The van der Waals surface area contributed by atoms with E-state index in [2.05, 4.69) is 33.4 Å². The molecule has 0 heterocycles. The summed E-state index contributed by atoms with van der Waals surface area (Å²) in [5.41, 5.74) is 2.33. The molecule has 1 atom stereocenters. The molecule has 0 aliphatic heterocycles. The minimum absolute atomic E-state index is 0.0329. The zero-order valence-electron chi connectivity index (χ0n) is 12.1. The number of halogens is 1. The second-order valence-electron chi connectivity index (χ2n) is 4.91. The Morgan fingerprint density at radius 3 is 2.62 bits per heavy atom. The van der Waals surface area contributed by atoms with Crippen molar-refractivity contribution in [3.05, 3.63) is 64.1 Å². The fourth-order valence-electron chi connectivity index (χ4n) is 2.17. The summed E-state index contributed by atoms with van der Waals surface area (Å²) in [6, 6.07) is 16.1. The molecule has 0 aliphatic carbocycles. The lowest BCUT2D eigenvalue weighted by Crippen LogP contribution is -2.34. The molecule has 112 valence electrons. The van der Waals surface area contributed by atoms with Gasteiger partial charge in [0.1, 0.15) is 5.75 Å². The SMILES string of the molecule is COc1ccc(Br)c(CN[C@H](CO)Cc2ccccc2)c1. The van der Waals surface area contributed by atoms with Crippen LogP contribution in [-0.2, 0) is 13.0 Å². The van der Waals surface area contributed by atoms with Gasteiger partial charge in [0.25, 0.3) is 0 Å². The first kappa shape index (κ1) is 16.0. The van der Waals surface area contributed by atoms with Crippen molar-refractivity contribution in [2.75, 3.05) is 13.7 Å². The van der Waals surface area contributed by atoms with E-state index < -0.39 is 0 Å². The van der Waals surface area contributed by atoms with Crippen LogP contribution in [0.2, 0.25) is 0 Å². The Kier molecular flexibility index (Phi) is 6.23. The van der Waals surface area contributed by atoms with Gasteiger partial charge in [-0.05, 0) is 35.7 Å². The van der Waals surface area contributed by atoms with Gasteiger partial charge in [-0.15, -0.1) is 0 Å². The predicted octanol–water partition coefficient (Wildman–Crippen LogP) is 3.15. The van der Waals surface area contributed by atoms with E-state index in [0.29, 0.717) is 6.54 Å². The van der Waals surface area contributed by atoms with Gasteiger partial charge in [0.15, 0.2) is 0 Å². The molecule has 4 heteroatoms. The molecule has 0 spiro atoms. The standard InChI is InChI=1S/C17H20BrNO2/c1-21-16-7-8-17(18)14(10-16)11-19-15(12-20)9-13-5-3-2-4-6-13/h2-8,10,15,19-20H,9,11-12H2,1H3/t15-/m0/s1. The van der Waals surface area contributed by atoms with E-state index in [0.717, 1.165) is 22.2 Å². The largest absolute Gasteiger partial charge is 0.497 e. The van der Waals surface area contributed by atoms with Crippen molar-refractivity contribution in [3.63, 3.8) is 0 Å². The summed E-state index contributed by atoms with van der Waals surface area (Å²) >= 11 is 3.54. The zero-order valence-corrected chi connectivity index (χ0v) is 13.6. The Labute approximate surface area is 134 Å². The van der Waals surface area contributed by atoms with E-state index in [1.54, 1.807) is 7.11 Å². The minimum Gasteiger partial charge on any atom is -0.497 e. The Morgan fingerprint density at radius 2 is 1.95 bits per heavy atom. The second kappa shape index (κ2) is 8.17. The van der Waals surface area contributed by atoms with Crippen molar-refractivity contribution in [1.29, 1.82) is 0 Å². The van der Waals surface area contributed by atoms with Gasteiger partial charge >= 0.3 is 0 Å². The first-order valence-electron chi connectivity index (χ1n) is 6.93. The average Bonchev–Trinajstić information content (AvgIpc) is 2.53. The van der Waals surface area contributed by atoms with Crippen molar-refractivity contribution in [2.45, 2.75) is 19.0 Å². The molecule has 0 saturated heterocycles. The third kappa shape index (κ3) is 4.84. The smallest absolute Gasteiger partial charge is 0.119 e. The van der Waals surface area contributed by atoms with Gasteiger partial charge in [-0.1, -0.05) is 46.3 Å². The first-order valence-corrected chi connectivity index (χ1v) is 7.73. The van der Waals surface area contributed by atoms with Gasteiger partial charge in [0.2, 0.25) is 0 Å². The number of aliphatic hydroxyl groups excluding tert-OH is 1. The highest BCUT2D eigenvalue weighted by Gasteiger charge is 2.09. The lowest BCUT2D eigenvalue weighted by atomic mass is 10.1. The van der Waals surface area contributed by atoms with Crippen molar-refractivity contribution in [3.8, 4) is 5.75 Å². The van der Waals surface area contributed by atoms with Crippen LogP contribution >= 0.6 is 15.9 Å². The molecule has 2 rings (SSSR count). The third-order valence-corrected chi connectivity index (χ3v) is 4.15. The highest BCUT2D eigenvalue weighted by molar-refractivity contribution is 9.10. The fourth-order valence-corrected chi connectivity index (χ4v) is 2.55. The second-order valence-corrected chi connectivity index (χ2v) is 5.76. The summed E-state index contributed by atoms with van der Waals surface area (Å²) < 4.78 is 6.28. The number of hydrogen-bond acceptors (Lipinski definition) is 3. The lowest BCUT2D eigenvalue weighted by Gasteiger charge is -2.17. The van der Waals surface area contributed by atoms with E-state index in [1.807, 2.05) is 36.4 Å². The molecule has 0 amide bonds. The van der Waals surface area contributed by atoms with E-state index in [1.165, 1.54) is 5.56 Å². The Hall–Kier alpha value is -1.36. The molecule has 2 N–H and O–H groups in total. The highest BCUT2D eigenvalue weighted by atomic mass is 79.9. The number of rotatable bonds is 7. The fraction of sp³-hybridized carbons (Fsp3) is 0.294. The van der Waals surface area contributed by atoms with E-state index in [4.69, 9.17) is 4.74 Å². The van der Waals surface area contributed by atoms with E-state index in [9.17, 15) is 5.11 Å². The van der Waals surface area contributed by atoms with Crippen molar-refractivity contribution < 1.29 is 9.84 Å². The van der Waals surface area contributed by atoms with Crippen LogP contribution in [-0.4, -0.2) is 24.9 Å². The summed E-state index contributed by atoms with van der Waals surface area (Å²) in [7, 11) is 1.66. The van der Waals surface area contributed by atoms with Gasteiger partial charge in [0, 0.05) is 17.1 Å². The van der Waals surface area contributed by atoms with Gasteiger partial charge in [-0.25, -0.2) is 0 Å². The number of nitrogens with one attached hydrogen (secondary N) is 1. The maximum atomic E-state index is 9.54. The first-order chi connectivity index (χ1) is 10.2. The molecule has 0 aliphatic rings. The molecule has 2 aromatic carbocycles. The molecule has 21 heavy (non-hydrogen) atoms. The van der Waals surface area contributed by atoms with Crippen LogP contribution < -0.4 is 10.1 Å². The van der Waals surface area contributed by atoms with Crippen molar-refractivity contribution in [2.24, 2.45) is 0 Å².